The molecule has 45 heavy (non-hydrogen) atoms. The molecule has 1 aromatic heterocycles. The van der Waals surface area contributed by atoms with Crippen LogP contribution in [0.5, 0.6) is 0 Å². The summed E-state index contributed by atoms with van der Waals surface area (Å²) in [6.07, 6.45) is 5.13. The van der Waals surface area contributed by atoms with Crippen LogP contribution >= 0.6 is 0 Å². The maximum atomic E-state index is 11.6. The van der Waals surface area contributed by atoms with Gasteiger partial charge in [0.25, 0.3) is 0 Å². The molecule has 5 heterocycles. The Labute approximate surface area is 263 Å². The Morgan fingerprint density at radius 2 is 1.20 bits per heavy atom. The molecule has 3 unspecified atom stereocenters. The Bertz CT molecular complexity index is 1660. The van der Waals surface area contributed by atoms with Crippen LogP contribution in [0.25, 0.3) is 0 Å². The van der Waals surface area contributed by atoms with Gasteiger partial charge in [0, 0.05) is 73.5 Å². The van der Waals surface area contributed by atoms with Gasteiger partial charge in [-0.3, -0.25) is 29.4 Å². The van der Waals surface area contributed by atoms with Gasteiger partial charge in [0.05, 0.1) is 18.1 Å². The quantitative estimate of drug-likeness (QED) is 0.270. The number of H-pyrrole nitrogens is 1. The maximum Gasteiger partial charge on any atom is 0.303 e. The number of aliphatic carboxylic acids is 3. The van der Waals surface area contributed by atoms with E-state index in [2.05, 4.69) is 18.5 Å². The van der Waals surface area contributed by atoms with Crippen LogP contribution in [-0.4, -0.2) is 73.5 Å². The molecule has 0 saturated carbocycles. The predicted octanol–water partition coefficient (Wildman–Crippen LogP) is 5.55. The molecule has 238 valence electrons. The predicted molar refractivity (Wildman–Crippen MR) is 174 cm³/mol. The Hall–Kier alpha value is -4.34. The van der Waals surface area contributed by atoms with Gasteiger partial charge < -0.3 is 20.3 Å². The van der Waals surface area contributed by atoms with Crippen molar-refractivity contribution < 1.29 is 29.7 Å². The first-order valence-corrected chi connectivity index (χ1v) is 15.7. The Balaban J connectivity index is 1.63. The van der Waals surface area contributed by atoms with Crippen LogP contribution in [0.2, 0.25) is 0 Å². The topological polar surface area (TPSA) is 165 Å². The molecule has 0 aromatic carbocycles. The van der Waals surface area contributed by atoms with Crippen molar-refractivity contribution in [2.24, 2.45) is 15.0 Å². The molecule has 0 aliphatic carbocycles. The number of carboxylic acids is 3. The minimum Gasteiger partial charge on any atom is -0.481 e. The molecule has 4 aliphatic heterocycles. The van der Waals surface area contributed by atoms with Crippen molar-refractivity contribution in [3.05, 3.63) is 68.6 Å². The molecule has 0 radical (unpaired) electrons. The maximum absolute atomic E-state index is 11.6. The van der Waals surface area contributed by atoms with E-state index < -0.39 is 17.9 Å². The van der Waals surface area contributed by atoms with Crippen LogP contribution in [0.15, 0.2) is 61.1 Å². The number of carboxylic acid groups (broad SMARTS) is 3. The monoisotopic (exact) mass is 614 g/mol. The zero-order valence-electron chi connectivity index (χ0n) is 26.5. The van der Waals surface area contributed by atoms with Crippen molar-refractivity contribution in [1.29, 1.82) is 0 Å². The second-order valence-electron chi connectivity index (χ2n) is 12.5. The van der Waals surface area contributed by atoms with Gasteiger partial charge in [-0.25, -0.2) is 0 Å². The Morgan fingerprint density at radius 1 is 0.711 bits per heavy atom. The molecular weight excluding hydrogens is 572 g/mol. The summed E-state index contributed by atoms with van der Waals surface area (Å²) in [6, 6.07) is -0.670. The normalized spacial score (nSPS) is 22.9. The Morgan fingerprint density at radius 3 is 1.78 bits per heavy atom. The zero-order chi connectivity index (χ0) is 32.6. The molecule has 0 saturated heterocycles. The van der Waals surface area contributed by atoms with Crippen LogP contribution in [0.3, 0.4) is 0 Å². The highest BCUT2D eigenvalue weighted by Gasteiger charge is 2.34. The average molecular weight is 615 g/mol. The molecule has 8 bridgehead atoms. The van der Waals surface area contributed by atoms with Crippen LogP contribution in [-0.2, 0) is 33.6 Å². The molecule has 0 fully saturated rings. The summed E-state index contributed by atoms with van der Waals surface area (Å²) in [4.78, 5) is 53.9. The molecule has 3 atom stereocenters. The van der Waals surface area contributed by atoms with Crippen molar-refractivity contribution in [3.8, 4) is 0 Å². The van der Waals surface area contributed by atoms with Crippen molar-refractivity contribution in [2.45, 2.75) is 110 Å². The van der Waals surface area contributed by atoms with Gasteiger partial charge >= 0.3 is 17.9 Å². The first kappa shape index (κ1) is 32.1. The first-order chi connectivity index (χ1) is 21.4. The highest BCUT2D eigenvalue weighted by molar-refractivity contribution is 6.20. The van der Waals surface area contributed by atoms with Gasteiger partial charge in [-0.15, -0.1) is 0 Å². The SMILES string of the molecule is C=CC1=C(C)C2=NC1CC1=NC(Cc3[nH]c(c(CCC(=O)O)c3C)CC3N=C(C2)C(C)=C3CCC(=O)O)C(CCC(=O)O)=C1C. The summed E-state index contributed by atoms with van der Waals surface area (Å²) in [5.74, 6) is -2.60. The minimum absolute atomic E-state index is 0.00200. The van der Waals surface area contributed by atoms with Gasteiger partial charge in [0.1, 0.15) is 0 Å². The second kappa shape index (κ2) is 12.9. The van der Waals surface area contributed by atoms with E-state index >= 15 is 0 Å². The summed E-state index contributed by atoms with van der Waals surface area (Å²) in [5.41, 5.74) is 12.7. The van der Waals surface area contributed by atoms with Crippen LogP contribution < -0.4 is 0 Å². The van der Waals surface area contributed by atoms with E-state index in [9.17, 15) is 29.7 Å². The van der Waals surface area contributed by atoms with Crippen LogP contribution in [0.4, 0.5) is 0 Å². The van der Waals surface area contributed by atoms with E-state index in [1.54, 1.807) is 0 Å². The van der Waals surface area contributed by atoms with E-state index in [-0.39, 0.29) is 37.4 Å². The highest BCUT2D eigenvalue weighted by atomic mass is 16.4. The number of nitrogens with one attached hydrogen (secondary N) is 1. The average Bonchev–Trinajstić information content (AvgIpc) is 3.63. The molecule has 10 nitrogen and oxygen atoms in total. The number of carbonyl (C=O) groups is 3. The molecule has 10 heteroatoms. The fourth-order valence-corrected chi connectivity index (χ4v) is 7.34. The number of hydrogen-bond donors (Lipinski definition) is 4. The smallest absolute Gasteiger partial charge is 0.303 e. The number of aromatic amines is 1. The van der Waals surface area contributed by atoms with Crippen molar-refractivity contribution >= 4 is 35.0 Å². The van der Waals surface area contributed by atoms with Gasteiger partial charge in [0.2, 0.25) is 0 Å². The summed E-state index contributed by atoms with van der Waals surface area (Å²) < 4.78 is 0. The third-order valence-electron chi connectivity index (χ3n) is 9.91. The summed E-state index contributed by atoms with van der Waals surface area (Å²) >= 11 is 0. The van der Waals surface area contributed by atoms with E-state index in [0.717, 1.165) is 73.1 Å². The Kier molecular flexibility index (Phi) is 9.23. The van der Waals surface area contributed by atoms with Gasteiger partial charge in [-0.2, -0.15) is 0 Å². The van der Waals surface area contributed by atoms with Crippen LogP contribution in [0.1, 0.15) is 88.2 Å². The molecule has 0 amide bonds. The number of rotatable bonds is 10. The van der Waals surface area contributed by atoms with Gasteiger partial charge in [-0.1, -0.05) is 12.7 Å². The lowest BCUT2D eigenvalue weighted by Crippen LogP contribution is -2.14. The molecule has 5 rings (SSSR count). The van der Waals surface area contributed by atoms with Crippen molar-refractivity contribution in [2.75, 3.05) is 0 Å². The molecule has 4 aliphatic rings. The molecule has 4 N–H and O–H groups in total. The standard InChI is InChI=1S/C35H42N4O6/c1-6-21-17(2)25-13-26-18(3)23(8-11-34(42)43)31(37-26)16-32-24(9-12-35(44)45)20(5)28(39-32)15-30-22(7-10-33(40)41)19(4)27(38-30)14-29(21)36-25/h6,29-31,39H,1,7-16H2,2-5H3,(H,40,41)(H,42,43)(H,44,45). The number of fused-ring (bicyclic) bond motifs is 5. The van der Waals surface area contributed by atoms with E-state index in [4.69, 9.17) is 15.0 Å². The number of allylic oxidation sites excluding steroid dienone is 3. The van der Waals surface area contributed by atoms with E-state index in [0.29, 0.717) is 44.9 Å². The molecule has 1 aromatic rings. The second-order valence-corrected chi connectivity index (χ2v) is 12.5. The third-order valence-corrected chi connectivity index (χ3v) is 9.91. The summed E-state index contributed by atoms with van der Waals surface area (Å²) in [7, 11) is 0. The summed E-state index contributed by atoms with van der Waals surface area (Å²) in [5, 5.41) is 28.5. The van der Waals surface area contributed by atoms with Crippen molar-refractivity contribution in [3.63, 3.8) is 0 Å². The first-order valence-electron chi connectivity index (χ1n) is 15.7. The van der Waals surface area contributed by atoms with Crippen molar-refractivity contribution in [1.82, 2.24) is 4.98 Å². The molecule has 0 spiro atoms. The van der Waals surface area contributed by atoms with Gasteiger partial charge in [-0.05, 0) is 91.5 Å². The lowest BCUT2D eigenvalue weighted by atomic mass is 9.91. The number of nitrogens with zero attached hydrogens (tertiary/aromatic N) is 3. The summed E-state index contributed by atoms with van der Waals surface area (Å²) in [6.45, 7) is 12.2. The number of aliphatic imine (C=N–C) groups is 3. The van der Waals surface area contributed by atoms with Gasteiger partial charge in [0.15, 0.2) is 0 Å². The van der Waals surface area contributed by atoms with E-state index in [1.165, 1.54) is 0 Å². The number of aromatic nitrogens is 1. The fraction of sp³-hybridized carbons (Fsp3) is 0.486. The largest absolute Gasteiger partial charge is 0.481 e. The van der Waals surface area contributed by atoms with Crippen LogP contribution in [0, 0.1) is 6.92 Å². The van der Waals surface area contributed by atoms with E-state index in [1.807, 2.05) is 26.8 Å². The number of hydrogen-bond acceptors (Lipinski definition) is 6. The lowest BCUT2D eigenvalue weighted by molar-refractivity contribution is -0.138. The lowest BCUT2D eigenvalue weighted by Gasteiger charge is -2.14. The molecular formula is C35H42N4O6. The zero-order valence-corrected chi connectivity index (χ0v) is 26.5. The highest BCUT2D eigenvalue weighted by Crippen LogP contribution is 2.37. The third kappa shape index (κ3) is 6.55. The minimum atomic E-state index is -0.877. The fourth-order valence-electron chi connectivity index (χ4n) is 7.34.